The first-order chi connectivity index (χ1) is 8.54. The molecule has 1 aliphatic heterocycles. The van der Waals surface area contributed by atoms with E-state index in [2.05, 4.69) is 27.3 Å². The van der Waals surface area contributed by atoms with E-state index in [1.54, 1.807) is 0 Å². The molecule has 2 heterocycles. The molecule has 18 heavy (non-hydrogen) atoms. The van der Waals surface area contributed by atoms with Crippen LogP contribution in [0.25, 0.3) is 0 Å². The average molecular weight is 249 g/mol. The molecule has 0 saturated carbocycles. The van der Waals surface area contributed by atoms with E-state index in [0.29, 0.717) is 12.6 Å². The zero-order valence-electron chi connectivity index (χ0n) is 11.3. The third-order valence-electron chi connectivity index (χ3n) is 3.35. The minimum Gasteiger partial charge on any atom is -0.389 e. The Labute approximate surface area is 109 Å². The van der Waals surface area contributed by atoms with E-state index in [4.69, 9.17) is 0 Å². The van der Waals surface area contributed by atoms with Crippen molar-refractivity contribution in [2.75, 3.05) is 24.5 Å². The van der Waals surface area contributed by atoms with Crippen molar-refractivity contribution in [2.24, 2.45) is 0 Å². The van der Waals surface area contributed by atoms with Gasteiger partial charge in [0.2, 0.25) is 0 Å². The summed E-state index contributed by atoms with van der Waals surface area (Å²) in [4.78, 5) is 6.44. The maximum atomic E-state index is 9.70. The highest BCUT2D eigenvalue weighted by Gasteiger charge is 2.21. The number of nitrogens with one attached hydrogen (secondary N) is 1. The second kappa shape index (κ2) is 5.67. The summed E-state index contributed by atoms with van der Waals surface area (Å²) in [6, 6.07) is 4.64. The van der Waals surface area contributed by atoms with Gasteiger partial charge in [0, 0.05) is 43.8 Å². The molecule has 1 aromatic rings. The number of hydrogen-bond acceptors (Lipinski definition) is 4. The lowest BCUT2D eigenvalue weighted by Gasteiger charge is -2.35. The smallest absolute Gasteiger partial charge is 0.0715 e. The van der Waals surface area contributed by atoms with E-state index in [1.165, 1.54) is 5.69 Å². The van der Waals surface area contributed by atoms with Crippen molar-refractivity contribution < 1.29 is 5.11 Å². The van der Waals surface area contributed by atoms with Crippen molar-refractivity contribution in [1.82, 2.24) is 10.3 Å². The van der Waals surface area contributed by atoms with Crippen LogP contribution in [0.4, 0.5) is 5.69 Å². The van der Waals surface area contributed by atoms with Gasteiger partial charge in [-0.05, 0) is 38.8 Å². The van der Waals surface area contributed by atoms with Gasteiger partial charge in [0.1, 0.15) is 0 Å². The van der Waals surface area contributed by atoms with Gasteiger partial charge in [-0.15, -0.1) is 0 Å². The summed E-state index contributed by atoms with van der Waals surface area (Å²) in [6.07, 6.45) is 5.93. The Morgan fingerprint density at radius 2 is 1.94 bits per heavy atom. The molecule has 0 unspecified atom stereocenters. The predicted molar refractivity (Wildman–Crippen MR) is 73.8 cm³/mol. The van der Waals surface area contributed by atoms with Crippen LogP contribution in [-0.4, -0.2) is 41.4 Å². The molecule has 0 amide bonds. The van der Waals surface area contributed by atoms with Crippen LogP contribution in [0.2, 0.25) is 0 Å². The molecule has 0 aliphatic carbocycles. The molecular formula is C14H23N3O. The number of hydrogen-bond donors (Lipinski definition) is 2. The third-order valence-corrected chi connectivity index (χ3v) is 3.35. The Kier molecular flexibility index (Phi) is 4.19. The third kappa shape index (κ3) is 3.96. The highest BCUT2D eigenvalue weighted by atomic mass is 16.3. The lowest BCUT2D eigenvalue weighted by atomic mass is 10.0. The van der Waals surface area contributed by atoms with E-state index >= 15 is 0 Å². The SMILES string of the molecule is CC(C)(O)CNC1CCN(c2ccncc2)CC1. The minimum atomic E-state index is -0.623. The Balaban J connectivity index is 1.78. The molecule has 100 valence electrons. The molecule has 1 fully saturated rings. The topological polar surface area (TPSA) is 48.4 Å². The molecule has 0 bridgehead atoms. The van der Waals surface area contributed by atoms with Crippen molar-refractivity contribution in [2.45, 2.75) is 38.3 Å². The number of aliphatic hydroxyl groups is 1. The van der Waals surface area contributed by atoms with E-state index in [0.717, 1.165) is 25.9 Å². The van der Waals surface area contributed by atoms with E-state index < -0.39 is 5.60 Å². The molecule has 1 aliphatic rings. The van der Waals surface area contributed by atoms with Gasteiger partial charge in [-0.25, -0.2) is 0 Å². The molecule has 0 spiro atoms. The fraction of sp³-hybridized carbons (Fsp3) is 0.643. The molecule has 0 aromatic carbocycles. The molecule has 2 N–H and O–H groups in total. The highest BCUT2D eigenvalue weighted by molar-refractivity contribution is 5.44. The number of anilines is 1. The molecule has 2 rings (SSSR count). The van der Waals surface area contributed by atoms with Gasteiger partial charge in [0.15, 0.2) is 0 Å². The quantitative estimate of drug-likeness (QED) is 0.847. The second-order valence-electron chi connectivity index (χ2n) is 5.66. The van der Waals surface area contributed by atoms with Crippen molar-refractivity contribution in [3.05, 3.63) is 24.5 Å². The van der Waals surface area contributed by atoms with Gasteiger partial charge in [0.25, 0.3) is 0 Å². The maximum Gasteiger partial charge on any atom is 0.0715 e. The summed E-state index contributed by atoms with van der Waals surface area (Å²) in [5, 5.41) is 13.1. The Morgan fingerprint density at radius 3 is 2.50 bits per heavy atom. The van der Waals surface area contributed by atoms with Crippen LogP contribution in [-0.2, 0) is 0 Å². The molecule has 1 aromatic heterocycles. The normalized spacial score (nSPS) is 18.1. The van der Waals surface area contributed by atoms with E-state index in [9.17, 15) is 5.11 Å². The molecule has 0 radical (unpaired) electrons. The highest BCUT2D eigenvalue weighted by Crippen LogP contribution is 2.19. The molecular weight excluding hydrogens is 226 g/mol. The summed E-state index contributed by atoms with van der Waals surface area (Å²) in [7, 11) is 0. The van der Waals surface area contributed by atoms with Crippen molar-refractivity contribution in [3.63, 3.8) is 0 Å². The van der Waals surface area contributed by atoms with Crippen molar-refractivity contribution in [3.8, 4) is 0 Å². The zero-order chi connectivity index (χ0) is 13.0. The summed E-state index contributed by atoms with van der Waals surface area (Å²) in [5.74, 6) is 0. The van der Waals surface area contributed by atoms with Crippen LogP contribution in [0.5, 0.6) is 0 Å². The van der Waals surface area contributed by atoms with E-state index in [1.807, 2.05) is 26.2 Å². The molecule has 4 nitrogen and oxygen atoms in total. The monoisotopic (exact) mass is 249 g/mol. The van der Waals surface area contributed by atoms with Gasteiger partial charge < -0.3 is 15.3 Å². The zero-order valence-corrected chi connectivity index (χ0v) is 11.3. The van der Waals surface area contributed by atoms with Crippen LogP contribution in [0.15, 0.2) is 24.5 Å². The fourth-order valence-electron chi connectivity index (χ4n) is 2.29. The first-order valence-electron chi connectivity index (χ1n) is 6.65. The number of nitrogens with zero attached hydrogens (tertiary/aromatic N) is 2. The van der Waals surface area contributed by atoms with Gasteiger partial charge in [-0.3, -0.25) is 4.98 Å². The van der Waals surface area contributed by atoms with Gasteiger partial charge in [0.05, 0.1) is 5.60 Å². The summed E-state index contributed by atoms with van der Waals surface area (Å²) < 4.78 is 0. The van der Waals surface area contributed by atoms with Crippen LogP contribution in [0, 0.1) is 0 Å². The second-order valence-corrected chi connectivity index (χ2v) is 5.66. The number of aromatic nitrogens is 1. The van der Waals surface area contributed by atoms with Crippen LogP contribution in [0.1, 0.15) is 26.7 Å². The van der Waals surface area contributed by atoms with E-state index in [-0.39, 0.29) is 0 Å². The summed E-state index contributed by atoms with van der Waals surface area (Å²) in [6.45, 7) is 6.46. The molecule has 1 saturated heterocycles. The number of piperidine rings is 1. The maximum absolute atomic E-state index is 9.70. The average Bonchev–Trinajstić information content (AvgIpc) is 2.37. The van der Waals surface area contributed by atoms with Crippen molar-refractivity contribution >= 4 is 5.69 Å². The molecule has 0 atom stereocenters. The predicted octanol–water partition coefficient (Wildman–Crippen LogP) is 1.41. The Morgan fingerprint density at radius 1 is 1.33 bits per heavy atom. The lowest BCUT2D eigenvalue weighted by Crippen LogP contribution is -2.46. The molecule has 4 heteroatoms. The van der Waals surface area contributed by atoms with Gasteiger partial charge in [-0.1, -0.05) is 0 Å². The first-order valence-corrected chi connectivity index (χ1v) is 6.65. The number of rotatable bonds is 4. The fourth-order valence-corrected chi connectivity index (χ4v) is 2.29. The van der Waals surface area contributed by atoms with Gasteiger partial charge in [-0.2, -0.15) is 0 Å². The number of pyridine rings is 1. The van der Waals surface area contributed by atoms with Crippen LogP contribution < -0.4 is 10.2 Å². The van der Waals surface area contributed by atoms with Crippen LogP contribution >= 0.6 is 0 Å². The Hall–Kier alpha value is -1.13. The first kappa shape index (κ1) is 13.3. The van der Waals surface area contributed by atoms with Crippen LogP contribution in [0.3, 0.4) is 0 Å². The summed E-state index contributed by atoms with van der Waals surface area (Å²) >= 11 is 0. The standard InChI is InChI=1S/C14H23N3O/c1-14(2,18)11-16-12-5-9-17(10-6-12)13-3-7-15-8-4-13/h3-4,7-8,12,16,18H,5-6,9-11H2,1-2H3. The van der Waals surface area contributed by atoms with Crippen molar-refractivity contribution in [1.29, 1.82) is 0 Å². The lowest BCUT2D eigenvalue weighted by molar-refractivity contribution is 0.0752. The summed E-state index contributed by atoms with van der Waals surface area (Å²) in [5.41, 5.74) is 0.633. The Bertz CT molecular complexity index is 353. The minimum absolute atomic E-state index is 0.523. The largest absolute Gasteiger partial charge is 0.389 e. The van der Waals surface area contributed by atoms with Gasteiger partial charge >= 0.3 is 0 Å².